The van der Waals surface area contributed by atoms with Crippen molar-refractivity contribution < 1.29 is 0 Å². The molecule has 3 heteroatoms. The fourth-order valence-electron chi connectivity index (χ4n) is 2.29. The van der Waals surface area contributed by atoms with Crippen LogP contribution in [0.5, 0.6) is 0 Å². The van der Waals surface area contributed by atoms with Crippen molar-refractivity contribution in [3.63, 3.8) is 0 Å². The summed E-state index contributed by atoms with van der Waals surface area (Å²) in [6.45, 7) is 2.86. The molecule has 0 bridgehead atoms. The number of H-pyrrole nitrogens is 1. The Bertz CT molecular complexity index is 489. The van der Waals surface area contributed by atoms with E-state index in [-0.39, 0.29) is 0 Å². The van der Waals surface area contributed by atoms with Crippen LogP contribution >= 0.6 is 0 Å². The molecule has 1 aromatic heterocycles. The first-order valence-electron chi connectivity index (χ1n) is 6.12. The van der Waals surface area contributed by atoms with Gasteiger partial charge in [-0.05, 0) is 18.9 Å². The fourth-order valence-corrected chi connectivity index (χ4v) is 2.29. The Morgan fingerprint density at radius 1 is 1.35 bits per heavy atom. The highest BCUT2D eigenvalue weighted by Crippen LogP contribution is 2.40. The minimum Gasteiger partial charge on any atom is -0.345 e. The van der Waals surface area contributed by atoms with E-state index in [2.05, 4.69) is 45.6 Å². The zero-order valence-electron chi connectivity index (χ0n) is 9.98. The van der Waals surface area contributed by atoms with Crippen LogP contribution in [0, 0.1) is 6.92 Å². The maximum absolute atomic E-state index is 4.20. The molecule has 0 spiro atoms. The van der Waals surface area contributed by atoms with E-state index in [4.69, 9.17) is 0 Å². The topological polar surface area (TPSA) is 40.7 Å². The Hall–Kier alpha value is -1.61. The van der Waals surface area contributed by atoms with Crippen LogP contribution in [0.2, 0.25) is 0 Å². The molecular formula is C14H17N3. The predicted octanol–water partition coefficient (Wildman–Crippen LogP) is 2.36. The molecule has 2 aromatic rings. The van der Waals surface area contributed by atoms with Gasteiger partial charge in [0.25, 0.3) is 0 Å². The number of imidazole rings is 1. The molecule has 2 atom stereocenters. The van der Waals surface area contributed by atoms with Gasteiger partial charge in [-0.1, -0.05) is 30.3 Å². The van der Waals surface area contributed by atoms with Gasteiger partial charge in [0, 0.05) is 30.4 Å². The number of benzene rings is 1. The molecule has 0 radical (unpaired) electrons. The lowest BCUT2D eigenvalue weighted by molar-refractivity contribution is 0.662. The molecule has 88 valence electrons. The minimum atomic E-state index is 0.626. The van der Waals surface area contributed by atoms with Crippen LogP contribution in [0.15, 0.2) is 36.5 Å². The van der Waals surface area contributed by atoms with E-state index in [1.165, 1.54) is 17.7 Å². The van der Waals surface area contributed by atoms with Gasteiger partial charge < -0.3 is 10.3 Å². The quantitative estimate of drug-likeness (QED) is 0.842. The molecule has 1 aromatic carbocycles. The van der Waals surface area contributed by atoms with Crippen molar-refractivity contribution in [1.82, 2.24) is 15.3 Å². The van der Waals surface area contributed by atoms with Crippen molar-refractivity contribution in [3.8, 4) is 0 Å². The summed E-state index contributed by atoms with van der Waals surface area (Å²) in [5.74, 6) is 1.68. The molecule has 1 heterocycles. The zero-order valence-corrected chi connectivity index (χ0v) is 9.98. The molecule has 0 amide bonds. The molecule has 0 aliphatic heterocycles. The van der Waals surface area contributed by atoms with E-state index in [1.807, 2.05) is 13.1 Å². The second-order valence-electron chi connectivity index (χ2n) is 4.73. The van der Waals surface area contributed by atoms with Crippen LogP contribution < -0.4 is 5.32 Å². The summed E-state index contributed by atoms with van der Waals surface area (Å²) in [5.41, 5.74) is 2.62. The maximum atomic E-state index is 4.20. The fraction of sp³-hybridized carbons (Fsp3) is 0.357. The van der Waals surface area contributed by atoms with Gasteiger partial charge in [0.15, 0.2) is 0 Å². The van der Waals surface area contributed by atoms with Crippen molar-refractivity contribution in [2.75, 3.05) is 0 Å². The van der Waals surface area contributed by atoms with Crippen LogP contribution in [0.25, 0.3) is 0 Å². The number of aromatic nitrogens is 2. The van der Waals surface area contributed by atoms with E-state index in [1.54, 1.807) is 0 Å². The molecule has 3 rings (SSSR count). The minimum absolute atomic E-state index is 0.626. The molecule has 3 nitrogen and oxygen atoms in total. The highest BCUT2D eigenvalue weighted by molar-refractivity contribution is 5.27. The SMILES string of the molecule is Cc1ncc(CNC2CC2c2ccccc2)[nH]1. The van der Waals surface area contributed by atoms with E-state index < -0.39 is 0 Å². The van der Waals surface area contributed by atoms with E-state index >= 15 is 0 Å². The molecular weight excluding hydrogens is 210 g/mol. The van der Waals surface area contributed by atoms with Gasteiger partial charge in [-0.15, -0.1) is 0 Å². The first kappa shape index (κ1) is 10.5. The Morgan fingerprint density at radius 2 is 2.18 bits per heavy atom. The number of aromatic amines is 1. The van der Waals surface area contributed by atoms with Crippen LogP contribution in [0.3, 0.4) is 0 Å². The van der Waals surface area contributed by atoms with Gasteiger partial charge in [0.05, 0.1) is 0 Å². The molecule has 17 heavy (non-hydrogen) atoms. The summed E-state index contributed by atoms with van der Waals surface area (Å²) < 4.78 is 0. The molecule has 1 aliphatic carbocycles. The smallest absolute Gasteiger partial charge is 0.103 e. The predicted molar refractivity (Wildman–Crippen MR) is 67.8 cm³/mol. The van der Waals surface area contributed by atoms with Crippen molar-refractivity contribution >= 4 is 0 Å². The number of rotatable bonds is 4. The molecule has 2 N–H and O–H groups in total. The normalized spacial score (nSPS) is 22.6. The number of nitrogens with zero attached hydrogens (tertiary/aromatic N) is 1. The van der Waals surface area contributed by atoms with Gasteiger partial charge in [-0.3, -0.25) is 0 Å². The Morgan fingerprint density at radius 3 is 2.88 bits per heavy atom. The van der Waals surface area contributed by atoms with Crippen molar-refractivity contribution in [2.45, 2.75) is 31.8 Å². The van der Waals surface area contributed by atoms with Crippen LogP contribution in [0.1, 0.15) is 29.4 Å². The number of aryl methyl sites for hydroxylation is 1. The van der Waals surface area contributed by atoms with Gasteiger partial charge in [0.1, 0.15) is 5.82 Å². The van der Waals surface area contributed by atoms with Crippen molar-refractivity contribution in [1.29, 1.82) is 0 Å². The molecule has 1 aliphatic rings. The number of hydrogen-bond acceptors (Lipinski definition) is 2. The second kappa shape index (κ2) is 4.34. The Balaban J connectivity index is 1.53. The summed E-state index contributed by atoms with van der Waals surface area (Å²) in [4.78, 5) is 7.44. The van der Waals surface area contributed by atoms with E-state index in [0.29, 0.717) is 12.0 Å². The maximum Gasteiger partial charge on any atom is 0.103 e. The molecule has 2 unspecified atom stereocenters. The van der Waals surface area contributed by atoms with Crippen LogP contribution in [-0.4, -0.2) is 16.0 Å². The third-order valence-electron chi connectivity index (χ3n) is 3.33. The van der Waals surface area contributed by atoms with Gasteiger partial charge >= 0.3 is 0 Å². The summed E-state index contributed by atoms with van der Waals surface area (Å²) in [7, 11) is 0. The lowest BCUT2D eigenvalue weighted by Gasteiger charge is -2.02. The first-order valence-corrected chi connectivity index (χ1v) is 6.12. The lowest BCUT2D eigenvalue weighted by Crippen LogP contribution is -2.17. The second-order valence-corrected chi connectivity index (χ2v) is 4.73. The number of hydrogen-bond donors (Lipinski definition) is 2. The summed E-state index contributed by atoms with van der Waals surface area (Å²) >= 11 is 0. The third-order valence-corrected chi connectivity index (χ3v) is 3.33. The van der Waals surface area contributed by atoms with Gasteiger partial charge in [-0.2, -0.15) is 0 Å². The largest absolute Gasteiger partial charge is 0.345 e. The first-order chi connectivity index (χ1) is 8.33. The summed E-state index contributed by atoms with van der Waals surface area (Å²) in [6, 6.07) is 11.4. The van der Waals surface area contributed by atoms with Crippen molar-refractivity contribution in [2.24, 2.45) is 0 Å². The standard InChI is InChI=1S/C14H17N3/c1-10-15-8-12(17-10)9-16-14-7-13(14)11-5-3-2-4-6-11/h2-6,8,13-14,16H,7,9H2,1H3,(H,15,17). The van der Waals surface area contributed by atoms with Gasteiger partial charge in [0.2, 0.25) is 0 Å². The molecule has 1 saturated carbocycles. The molecule has 0 saturated heterocycles. The molecule has 1 fully saturated rings. The summed E-state index contributed by atoms with van der Waals surface area (Å²) in [6.07, 6.45) is 3.15. The van der Waals surface area contributed by atoms with E-state index in [0.717, 1.165) is 12.4 Å². The summed E-state index contributed by atoms with van der Waals surface area (Å²) in [5, 5.41) is 3.56. The third kappa shape index (κ3) is 2.39. The average molecular weight is 227 g/mol. The zero-order chi connectivity index (χ0) is 11.7. The number of nitrogens with one attached hydrogen (secondary N) is 2. The van der Waals surface area contributed by atoms with Gasteiger partial charge in [-0.25, -0.2) is 4.98 Å². The Labute approximate surface area is 101 Å². The monoisotopic (exact) mass is 227 g/mol. The highest BCUT2D eigenvalue weighted by atomic mass is 15.0. The Kier molecular flexibility index (Phi) is 2.69. The average Bonchev–Trinajstić information content (AvgIpc) is 3.03. The van der Waals surface area contributed by atoms with Crippen LogP contribution in [-0.2, 0) is 6.54 Å². The highest BCUT2D eigenvalue weighted by Gasteiger charge is 2.37. The van der Waals surface area contributed by atoms with Crippen molar-refractivity contribution in [3.05, 3.63) is 53.6 Å². The van der Waals surface area contributed by atoms with Crippen LogP contribution in [0.4, 0.5) is 0 Å². The van der Waals surface area contributed by atoms with E-state index in [9.17, 15) is 0 Å². The lowest BCUT2D eigenvalue weighted by atomic mass is 10.1.